The van der Waals surface area contributed by atoms with E-state index in [2.05, 4.69) is 20.7 Å². The van der Waals surface area contributed by atoms with Gasteiger partial charge in [0.2, 0.25) is 0 Å². The number of aromatic carboxylic acids is 1. The van der Waals surface area contributed by atoms with Crippen LogP contribution in [0.5, 0.6) is 0 Å². The standard InChI is InChI=1S/C10H8BrNO4S3/c1-5-4-7(18-9(5)11)19(15,16)12-6-2-3-17-8(6)10(13)14/h2-4,12H,1H3,(H,13,14). The first-order chi connectivity index (χ1) is 8.81. The van der Waals surface area contributed by atoms with E-state index in [0.717, 1.165) is 32.0 Å². The van der Waals surface area contributed by atoms with Gasteiger partial charge in [0.05, 0.1) is 9.47 Å². The van der Waals surface area contributed by atoms with E-state index in [1.54, 1.807) is 6.92 Å². The number of anilines is 1. The molecule has 102 valence electrons. The van der Waals surface area contributed by atoms with E-state index in [4.69, 9.17) is 5.11 Å². The Labute approximate surface area is 126 Å². The van der Waals surface area contributed by atoms with Crippen LogP contribution in [0.2, 0.25) is 0 Å². The highest BCUT2D eigenvalue weighted by Crippen LogP contribution is 2.32. The fourth-order valence-electron chi connectivity index (χ4n) is 1.31. The smallest absolute Gasteiger partial charge is 0.348 e. The third-order valence-electron chi connectivity index (χ3n) is 2.20. The first kappa shape index (κ1) is 14.5. The van der Waals surface area contributed by atoms with Gasteiger partial charge >= 0.3 is 5.97 Å². The van der Waals surface area contributed by atoms with Gasteiger partial charge in [-0.1, -0.05) is 0 Å². The highest BCUT2D eigenvalue weighted by atomic mass is 79.9. The van der Waals surface area contributed by atoms with E-state index < -0.39 is 16.0 Å². The zero-order valence-corrected chi connectivity index (χ0v) is 13.5. The van der Waals surface area contributed by atoms with Crippen LogP contribution in [0.25, 0.3) is 0 Å². The van der Waals surface area contributed by atoms with Crippen LogP contribution >= 0.6 is 38.6 Å². The van der Waals surface area contributed by atoms with Crippen LogP contribution in [-0.4, -0.2) is 19.5 Å². The highest BCUT2D eigenvalue weighted by molar-refractivity contribution is 9.11. The lowest BCUT2D eigenvalue weighted by Gasteiger charge is -2.04. The van der Waals surface area contributed by atoms with Crippen LogP contribution in [0.15, 0.2) is 25.5 Å². The van der Waals surface area contributed by atoms with Crippen molar-refractivity contribution in [3.63, 3.8) is 0 Å². The van der Waals surface area contributed by atoms with Gasteiger partial charge in [-0.25, -0.2) is 13.2 Å². The molecule has 0 bridgehead atoms. The van der Waals surface area contributed by atoms with Crippen molar-refractivity contribution < 1.29 is 18.3 Å². The Morgan fingerprint density at radius 2 is 2.16 bits per heavy atom. The summed E-state index contributed by atoms with van der Waals surface area (Å²) in [4.78, 5) is 10.9. The lowest BCUT2D eigenvalue weighted by molar-refractivity contribution is 0.0703. The molecule has 0 aromatic carbocycles. The molecule has 0 atom stereocenters. The zero-order valence-electron chi connectivity index (χ0n) is 9.51. The second-order valence-electron chi connectivity index (χ2n) is 3.60. The van der Waals surface area contributed by atoms with Crippen molar-refractivity contribution >= 4 is 60.3 Å². The predicted molar refractivity (Wildman–Crippen MR) is 78.8 cm³/mol. The third-order valence-corrected chi connectivity index (χ3v) is 7.08. The van der Waals surface area contributed by atoms with Gasteiger partial charge in [-0.3, -0.25) is 4.72 Å². The molecule has 0 spiro atoms. The van der Waals surface area contributed by atoms with E-state index in [9.17, 15) is 13.2 Å². The predicted octanol–water partition coefficient (Wildman–Crippen LogP) is 3.38. The molecule has 0 aliphatic carbocycles. The molecule has 0 aliphatic heterocycles. The molecule has 2 heterocycles. The Balaban J connectivity index is 2.36. The molecular weight excluding hydrogens is 374 g/mol. The van der Waals surface area contributed by atoms with Crippen LogP contribution in [-0.2, 0) is 10.0 Å². The largest absolute Gasteiger partial charge is 0.477 e. The van der Waals surface area contributed by atoms with E-state index in [1.807, 2.05) is 0 Å². The molecule has 2 rings (SSSR count). The van der Waals surface area contributed by atoms with E-state index in [-0.39, 0.29) is 14.8 Å². The number of carboxylic acids is 1. The second kappa shape index (κ2) is 5.23. The maximum absolute atomic E-state index is 12.1. The minimum absolute atomic E-state index is 0.0316. The Bertz CT molecular complexity index is 712. The van der Waals surface area contributed by atoms with Gasteiger partial charge < -0.3 is 5.11 Å². The summed E-state index contributed by atoms with van der Waals surface area (Å²) in [7, 11) is -3.76. The minimum Gasteiger partial charge on any atom is -0.477 e. The molecule has 0 amide bonds. The second-order valence-corrected chi connectivity index (χ2v) is 8.79. The number of sulfonamides is 1. The molecule has 9 heteroatoms. The molecule has 0 radical (unpaired) electrons. The first-order valence-corrected chi connectivity index (χ1v) is 8.88. The molecule has 2 N–H and O–H groups in total. The molecule has 0 saturated heterocycles. The summed E-state index contributed by atoms with van der Waals surface area (Å²) in [5.41, 5.74) is 0.897. The first-order valence-electron chi connectivity index (χ1n) is 4.91. The van der Waals surface area contributed by atoms with Crippen LogP contribution in [0.1, 0.15) is 15.2 Å². The van der Waals surface area contributed by atoms with E-state index in [1.165, 1.54) is 17.5 Å². The molecule has 5 nitrogen and oxygen atoms in total. The number of thiophene rings is 2. The number of rotatable bonds is 4. The molecule has 19 heavy (non-hydrogen) atoms. The number of hydrogen-bond acceptors (Lipinski definition) is 5. The maximum atomic E-state index is 12.1. The third kappa shape index (κ3) is 2.99. The Kier molecular flexibility index (Phi) is 4.00. The van der Waals surface area contributed by atoms with Crippen LogP contribution < -0.4 is 4.72 Å². The fourth-order valence-corrected chi connectivity index (χ4v) is 5.36. The monoisotopic (exact) mass is 381 g/mol. The lowest BCUT2D eigenvalue weighted by atomic mass is 10.4. The number of nitrogens with one attached hydrogen (secondary N) is 1. The average molecular weight is 382 g/mol. The average Bonchev–Trinajstić information content (AvgIpc) is 2.87. The number of carbonyl (C=O) groups is 1. The highest BCUT2D eigenvalue weighted by Gasteiger charge is 2.22. The van der Waals surface area contributed by atoms with Gasteiger partial charge in [-0.05, 0) is 45.9 Å². The quantitative estimate of drug-likeness (QED) is 0.849. The minimum atomic E-state index is -3.76. The topological polar surface area (TPSA) is 83.5 Å². The van der Waals surface area contributed by atoms with Gasteiger partial charge in [-0.15, -0.1) is 22.7 Å². The van der Waals surface area contributed by atoms with Crippen molar-refractivity contribution in [1.29, 1.82) is 0 Å². The van der Waals surface area contributed by atoms with Crippen LogP contribution in [0.3, 0.4) is 0 Å². The van der Waals surface area contributed by atoms with E-state index >= 15 is 0 Å². The molecule has 0 fully saturated rings. The Morgan fingerprint density at radius 1 is 1.47 bits per heavy atom. The number of halogens is 1. The van der Waals surface area contributed by atoms with Crippen molar-refractivity contribution in [2.75, 3.05) is 4.72 Å². The molecule has 2 aromatic rings. The van der Waals surface area contributed by atoms with Crippen LogP contribution in [0.4, 0.5) is 5.69 Å². The van der Waals surface area contributed by atoms with Gasteiger partial charge in [0.15, 0.2) is 0 Å². The Hall–Kier alpha value is -0.900. The van der Waals surface area contributed by atoms with Crippen molar-refractivity contribution in [2.24, 2.45) is 0 Å². The lowest BCUT2D eigenvalue weighted by Crippen LogP contribution is -2.13. The molecule has 0 saturated carbocycles. The maximum Gasteiger partial charge on any atom is 0.348 e. The molecule has 0 unspecified atom stereocenters. The summed E-state index contributed by atoms with van der Waals surface area (Å²) in [5.74, 6) is -1.16. The van der Waals surface area contributed by atoms with Gasteiger partial charge in [-0.2, -0.15) is 0 Å². The molecule has 2 aromatic heterocycles. The van der Waals surface area contributed by atoms with Gasteiger partial charge in [0.1, 0.15) is 9.09 Å². The Morgan fingerprint density at radius 3 is 2.68 bits per heavy atom. The summed E-state index contributed by atoms with van der Waals surface area (Å²) in [5, 5.41) is 10.5. The van der Waals surface area contributed by atoms with Crippen molar-refractivity contribution in [2.45, 2.75) is 11.1 Å². The van der Waals surface area contributed by atoms with Crippen molar-refractivity contribution in [1.82, 2.24) is 0 Å². The summed E-state index contributed by atoms with van der Waals surface area (Å²) in [6.45, 7) is 1.78. The molecular formula is C10H8BrNO4S3. The van der Waals surface area contributed by atoms with Crippen molar-refractivity contribution in [3.05, 3.63) is 31.7 Å². The normalized spacial score (nSPS) is 11.5. The molecule has 0 aliphatic rings. The number of carboxylic acid groups (broad SMARTS) is 1. The van der Waals surface area contributed by atoms with Crippen molar-refractivity contribution in [3.8, 4) is 0 Å². The zero-order chi connectivity index (χ0) is 14.2. The summed E-state index contributed by atoms with van der Waals surface area (Å²) in [6.07, 6.45) is 0. The summed E-state index contributed by atoms with van der Waals surface area (Å²) in [6, 6.07) is 2.96. The fraction of sp³-hybridized carbons (Fsp3) is 0.100. The van der Waals surface area contributed by atoms with E-state index in [0.29, 0.717) is 0 Å². The SMILES string of the molecule is Cc1cc(S(=O)(=O)Nc2ccsc2C(=O)O)sc1Br. The number of hydrogen-bond donors (Lipinski definition) is 2. The summed E-state index contributed by atoms with van der Waals surface area (Å²) < 4.78 is 27.4. The number of aryl methyl sites for hydroxylation is 1. The summed E-state index contributed by atoms with van der Waals surface area (Å²) >= 11 is 5.31. The van der Waals surface area contributed by atoms with Crippen LogP contribution in [0, 0.1) is 6.92 Å². The van der Waals surface area contributed by atoms with Gasteiger partial charge in [0, 0.05) is 0 Å². The van der Waals surface area contributed by atoms with Gasteiger partial charge in [0.25, 0.3) is 10.0 Å².